The molecule has 16 heavy (non-hydrogen) atoms. The van der Waals surface area contributed by atoms with Crippen LogP contribution in [0.15, 0.2) is 12.4 Å². The van der Waals surface area contributed by atoms with E-state index in [9.17, 15) is 13.2 Å². The van der Waals surface area contributed by atoms with Crippen molar-refractivity contribution in [3.63, 3.8) is 0 Å². The van der Waals surface area contributed by atoms with E-state index in [0.717, 1.165) is 5.82 Å². The van der Waals surface area contributed by atoms with E-state index < -0.39 is 11.7 Å². The molecule has 0 bridgehead atoms. The van der Waals surface area contributed by atoms with Crippen molar-refractivity contribution < 1.29 is 13.2 Å². The van der Waals surface area contributed by atoms with Gasteiger partial charge in [0, 0.05) is 25.5 Å². The van der Waals surface area contributed by atoms with Crippen LogP contribution in [-0.2, 0) is 6.54 Å². The van der Waals surface area contributed by atoms with E-state index in [-0.39, 0.29) is 12.8 Å². The quantitative estimate of drug-likeness (QED) is 0.860. The van der Waals surface area contributed by atoms with Crippen LogP contribution in [-0.4, -0.2) is 27.8 Å². The number of rotatable bonds is 4. The fourth-order valence-corrected chi connectivity index (χ4v) is 1.74. The summed E-state index contributed by atoms with van der Waals surface area (Å²) in [7, 11) is 0. The lowest BCUT2D eigenvalue weighted by molar-refractivity contribution is -0.165. The van der Waals surface area contributed by atoms with Crippen LogP contribution in [0, 0.1) is 6.92 Å². The van der Waals surface area contributed by atoms with Gasteiger partial charge < -0.3 is 9.88 Å². The molecule has 3 nitrogen and oxygen atoms in total. The minimum Gasteiger partial charge on any atom is -0.334 e. The molecular formula is C10H14F3N3. The second kappa shape index (κ2) is 3.76. The molecule has 0 atom stereocenters. The highest BCUT2D eigenvalue weighted by Crippen LogP contribution is 2.48. The Kier molecular flexibility index (Phi) is 2.69. The number of imidazole rings is 1. The Morgan fingerprint density at radius 3 is 2.62 bits per heavy atom. The van der Waals surface area contributed by atoms with Gasteiger partial charge in [0.25, 0.3) is 0 Å². The lowest BCUT2D eigenvalue weighted by Gasteiger charge is -2.20. The van der Waals surface area contributed by atoms with Crippen LogP contribution in [0.1, 0.15) is 18.7 Å². The van der Waals surface area contributed by atoms with Crippen molar-refractivity contribution in [2.24, 2.45) is 0 Å². The van der Waals surface area contributed by atoms with Crippen LogP contribution in [0.3, 0.4) is 0 Å². The van der Waals surface area contributed by atoms with Crippen LogP contribution in [0.5, 0.6) is 0 Å². The summed E-state index contributed by atoms with van der Waals surface area (Å²) in [5.74, 6) is 0.818. The molecule has 0 aliphatic heterocycles. The van der Waals surface area contributed by atoms with Crippen LogP contribution in [0.2, 0.25) is 0 Å². The third-order valence-electron chi connectivity index (χ3n) is 3.03. The molecule has 1 aliphatic rings. The maximum atomic E-state index is 12.6. The zero-order valence-corrected chi connectivity index (χ0v) is 9.01. The number of halogens is 3. The molecule has 1 fully saturated rings. The molecule has 0 radical (unpaired) electrons. The number of alkyl halides is 3. The SMILES string of the molecule is Cc1nccn1CCNC1(C(F)(F)F)CC1. The first-order valence-corrected chi connectivity index (χ1v) is 5.24. The maximum absolute atomic E-state index is 12.6. The number of nitrogens with one attached hydrogen (secondary N) is 1. The van der Waals surface area contributed by atoms with E-state index in [2.05, 4.69) is 10.3 Å². The van der Waals surface area contributed by atoms with Crippen molar-refractivity contribution in [1.29, 1.82) is 0 Å². The number of hydrogen-bond acceptors (Lipinski definition) is 2. The molecule has 1 aliphatic carbocycles. The third kappa shape index (κ3) is 2.07. The van der Waals surface area contributed by atoms with Crippen molar-refractivity contribution in [3.8, 4) is 0 Å². The predicted molar refractivity (Wildman–Crippen MR) is 53.0 cm³/mol. The Morgan fingerprint density at radius 2 is 2.19 bits per heavy atom. The van der Waals surface area contributed by atoms with Crippen LogP contribution >= 0.6 is 0 Å². The second-order valence-electron chi connectivity index (χ2n) is 4.17. The Balaban J connectivity index is 1.83. The minimum absolute atomic E-state index is 0.194. The fraction of sp³-hybridized carbons (Fsp3) is 0.700. The predicted octanol–water partition coefficient (Wildman–Crippen LogP) is 1.88. The Labute approximate surface area is 91.7 Å². The highest BCUT2D eigenvalue weighted by Gasteiger charge is 2.62. The van der Waals surface area contributed by atoms with E-state index in [1.165, 1.54) is 0 Å². The molecule has 6 heteroatoms. The number of hydrogen-bond donors (Lipinski definition) is 1. The summed E-state index contributed by atoms with van der Waals surface area (Å²) in [6, 6.07) is 0. The largest absolute Gasteiger partial charge is 0.406 e. The molecule has 1 N–H and O–H groups in total. The molecule has 90 valence electrons. The third-order valence-corrected chi connectivity index (χ3v) is 3.03. The number of nitrogens with zero attached hydrogens (tertiary/aromatic N) is 2. The lowest BCUT2D eigenvalue weighted by atomic mass is 10.2. The first kappa shape index (κ1) is 11.4. The fourth-order valence-electron chi connectivity index (χ4n) is 1.74. The summed E-state index contributed by atoms with van der Waals surface area (Å²) < 4.78 is 39.5. The maximum Gasteiger partial charge on any atom is 0.406 e. The van der Waals surface area contributed by atoms with Gasteiger partial charge in [0.1, 0.15) is 11.4 Å². The zero-order chi connectivity index (χ0) is 11.8. The summed E-state index contributed by atoms with van der Waals surface area (Å²) >= 11 is 0. The summed E-state index contributed by atoms with van der Waals surface area (Å²) in [5, 5.41) is 2.60. The van der Waals surface area contributed by atoms with Crippen LogP contribution < -0.4 is 5.32 Å². The minimum atomic E-state index is -4.13. The van der Waals surface area contributed by atoms with Gasteiger partial charge >= 0.3 is 6.18 Å². The first-order chi connectivity index (χ1) is 7.45. The standard InChI is InChI=1S/C10H14F3N3/c1-8-14-4-6-16(8)7-5-15-9(2-3-9)10(11,12)13/h4,6,15H,2-3,5,7H2,1H3. The molecule has 0 spiro atoms. The van der Waals surface area contributed by atoms with Gasteiger partial charge in [-0.2, -0.15) is 13.2 Å². The molecule has 0 unspecified atom stereocenters. The van der Waals surface area contributed by atoms with E-state index in [4.69, 9.17) is 0 Å². The molecule has 1 heterocycles. The Bertz CT molecular complexity index is 366. The van der Waals surface area contributed by atoms with Crippen LogP contribution in [0.25, 0.3) is 0 Å². The summed E-state index contributed by atoms with van der Waals surface area (Å²) in [6.45, 7) is 2.66. The number of aryl methyl sites for hydroxylation is 1. The van der Waals surface area contributed by atoms with Crippen molar-refractivity contribution in [2.75, 3.05) is 6.54 Å². The molecule has 0 aromatic carbocycles. The summed E-state index contributed by atoms with van der Waals surface area (Å²) in [5.41, 5.74) is -1.61. The average molecular weight is 233 g/mol. The Morgan fingerprint density at radius 1 is 1.50 bits per heavy atom. The monoisotopic (exact) mass is 233 g/mol. The van der Waals surface area contributed by atoms with Crippen molar-refractivity contribution in [1.82, 2.24) is 14.9 Å². The van der Waals surface area contributed by atoms with E-state index in [1.54, 1.807) is 12.4 Å². The first-order valence-electron chi connectivity index (χ1n) is 5.24. The topological polar surface area (TPSA) is 29.9 Å². The van der Waals surface area contributed by atoms with Crippen molar-refractivity contribution in [2.45, 2.75) is 38.0 Å². The highest BCUT2D eigenvalue weighted by molar-refractivity contribution is 5.07. The molecule has 0 amide bonds. The molecule has 2 rings (SSSR count). The van der Waals surface area contributed by atoms with Gasteiger partial charge in [0.15, 0.2) is 0 Å². The molecular weight excluding hydrogens is 219 g/mol. The van der Waals surface area contributed by atoms with E-state index in [1.807, 2.05) is 11.5 Å². The van der Waals surface area contributed by atoms with Crippen LogP contribution in [0.4, 0.5) is 13.2 Å². The number of aromatic nitrogens is 2. The lowest BCUT2D eigenvalue weighted by Crippen LogP contribution is -2.46. The van der Waals surface area contributed by atoms with Gasteiger partial charge in [-0.15, -0.1) is 0 Å². The normalized spacial score (nSPS) is 18.8. The second-order valence-corrected chi connectivity index (χ2v) is 4.17. The Hall–Kier alpha value is -1.04. The summed E-state index contributed by atoms with van der Waals surface area (Å²) in [6.07, 6.45) is -0.327. The molecule has 1 saturated carbocycles. The van der Waals surface area contributed by atoms with Gasteiger partial charge in [-0.25, -0.2) is 4.98 Å². The van der Waals surface area contributed by atoms with Crippen molar-refractivity contribution >= 4 is 0 Å². The van der Waals surface area contributed by atoms with Gasteiger partial charge in [-0.3, -0.25) is 0 Å². The van der Waals surface area contributed by atoms with E-state index >= 15 is 0 Å². The molecule has 1 aromatic rings. The van der Waals surface area contributed by atoms with Gasteiger partial charge in [-0.05, 0) is 19.8 Å². The van der Waals surface area contributed by atoms with Gasteiger partial charge in [0.2, 0.25) is 0 Å². The van der Waals surface area contributed by atoms with Crippen molar-refractivity contribution in [3.05, 3.63) is 18.2 Å². The summed E-state index contributed by atoms with van der Waals surface area (Å²) in [4.78, 5) is 4.01. The average Bonchev–Trinajstić information content (AvgIpc) is 2.87. The van der Waals surface area contributed by atoms with Gasteiger partial charge in [-0.1, -0.05) is 0 Å². The smallest absolute Gasteiger partial charge is 0.334 e. The zero-order valence-electron chi connectivity index (χ0n) is 9.01. The van der Waals surface area contributed by atoms with Gasteiger partial charge in [0.05, 0.1) is 0 Å². The molecule has 0 saturated heterocycles. The van der Waals surface area contributed by atoms with E-state index in [0.29, 0.717) is 13.1 Å². The highest BCUT2D eigenvalue weighted by atomic mass is 19.4. The molecule has 1 aromatic heterocycles.